The summed E-state index contributed by atoms with van der Waals surface area (Å²) in [4.78, 5) is 109. The fourth-order valence-electron chi connectivity index (χ4n) is 10.8. The molecule has 0 saturated carbocycles. The second kappa shape index (κ2) is 24.2. The van der Waals surface area contributed by atoms with Gasteiger partial charge in [0, 0.05) is 52.3 Å². The van der Waals surface area contributed by atoms with E-state index in [4.69, 9.17) is 18.9 Å². The van der Waals surface area contributed by atoms with E-state index in [-0.39, 0.29) is 27.2 Å². The van der Waals surface area contributed by atoms with Gasteiger partial charge in [-0.15, -0.1) is 0 Å². The van der Waals surface area contributed by atoms with Crippen molar-refractivity contribution in [2.45, 2.75) is 40.0 Å². The number of ether oxygens (including phenoxy) is 4. The molecule has 7 aliphatic rings. The Kier molecular flexibility index (Phi) is 16.7. The molecule has 0 aromatic carbocycles. The maximum atomic E-state index is 13.3. The third kappa shape index (κ3) is 11.9. The van der Waals surface area contributed by atoms with Crippen molar-refractivity contribution >= 4 is 94.6 Å². The van der Waals surface area contributed by atoms with Gasteiger partial charge in [0.2, 0.25) is 0 Å². The number of fused-ring (bicyclic) bond motifs is 5. The van der Waals surface area contributed by atoms with Crippen molar-refractivity contribution in [3.05, 3.63) is 200 Å². The molecular weight excluding hydrogens is 1100 g/mol. The lowest BCUT2D eigenvalue weighted by Crippen LogP contribution is -3.05. The molecule has 2 aliphatic heterocycles. The molecule has 1 atom stereocenters. The van der Waals surface area contributed by atoms with Crippen LogP contribution in [0.4, 0.5) is 0 Å². The number of esters is 4. The number of allylic oxidation sites excluding steroid dienone is 13. The van der Waals surface area contributed by atoms with Crippen molar-refractivity contribution in [1.29, 1.82) is 0 Å². The summed E-state index contributed by atoms with van der Waals surface area (Å²) in [7, 11) is 5.02. The zero-order chi connectivity index (χ0) is 61.1. The molecule has 22 heteroatoms. The van der Waals surface area contributed by atoms with Crippen molar-refractivity contribution < 1.29 is 101 Å². The molecule has 430 valence electrons. The van der Waals surface area contributed by atoms with Gasteiger partial charge in [-0.2, -0.15) is 13.7 Å². The minimum atomic E-state index is -1.37. The Balaban J connectivity index is 0.000000225. The number of pyridine rings is 4. The fraction of sp³-hybridized carbons (Fsp3) is 0.175. The number of carbonyl (C=O) groups is 9. The minimum absolute atomic E-state index is 0.0701. The molecule has 3 aromatic heterocycles. The zero-order valence-corrected chi connectivity index (χ0v) is 46.5. The number of rotatable bonds is 17. The van der Waals surface area contributed by atoms with Crippen LogP contribution < -0.4 is 39.0 Å². The van der Waals surface area contributed by atoms with Crippen LogP contribution in [-0.4, -0.2) is 93.6 Å². The molecule has 0 spiro atoms. The number of carboxylic acid groups (broad SMARTS) is 4. The maximum Gasteiger partial charge on any atom is 0.344 e. The Morgan fingerprint density at radius 3 is 1.73 bits per heavy atom. The van der Waals surface area contributed by atoms with Crippen molar-refractivity contribution in [1.82, 2.24) is 4.57 Å². The number of hydrogen-bond acceptors (Lipinski definition) is 17. The Morgan fingerprint density at radius 2 is 1.13 bits per heavy atom. The van der Waals surface area contributed by atoms with E-state index in [0.29, 0.717) is 90.8 Å². The maximum absolute atomic E-state index is 13.3. The number of aryl methyl sites for hydroxylation is 1. The molecule has 1 N–H and O–H groups in total. The lowest BCUT2D eigenvalue weighted by atomic mass is 9.91. The molecule has 0 fully saturated rings. The topological polar surface area (TPSA) is 304 Å². The summed E-state index contributed by atoms with van der Waals surface area (Å²) < 4.78 is 25.9. The zero-order valence-electron chi connectivity index (χ0n) is 46.5. The van der Waals surface area contributed by atoms with Gasteiger partial charge >= 0.3 is 23.9 Å². The lowest BCUT2D eigenvalue weighted by Gasteiger charge is -2.21. The number of aldehydes is 1. The summed E-state index contributed by atoms with van der Waals surface area (Å²) >= 11 is 0. The summed E-state index contributed by atoms with van der Waals surface area (Å²) in [6.07, 6.45) is 32.4. The van der Waals surface area contributed by atoms with E-state index >= 15 is 0 Å². The van der Waals surface area contributed by atoms with Gasteiger partial charge in [-0.1, -0.05) is 42.5 Å². The number of nitrogens with one attached hydrogen (secondary N) is 1. The summed E-state index contributed by atoms with van der Waals surface area (Å²) in [6, 6.07) is 3.84. The van der Waals surface area contributed by atoms with Crippen molar-refractivity contribution in [3.63, 3.8) is 0 Å². The first-order chi connectivity index (χ1) is 40.7. The summed E-state index contributed by atoms with van der Waals surface area (Å²) in [6.45, 7) is 2.56. The highest BCUT2D eigenvalue weighted by Crippen LogP contribution is 2.45. The normalized spacial score (nSPS) is 16.4. The fourth-order valence-corrected chi connectivity index (χ4v) is 10.8. The minimum Gasteiger partial charge on any atom is -0.544 e. The number of aromatic nitrogens is 4. The number of nitrogens with zero attached hydrogens (tertiary/aromatic N) is 4. The van der Waals surface area contributed by atoms with E-state index < -0.39 is 73.9 Å². The van der Waals surface area contributed by atoms with Crippen LogP contribution >= 0.6 is 0 Å². The molecule has 85 heavy (non-hydrogen) atoms. The number of quaternary nitrogens is 1. The Labute approximate surface area is 484 Å². The Bertz CT molecular complexity index is 4120. The third-order valence-corrected chi connectivity index (χ3v) is 14.4. The van der Waals surface area contributed by atoms with Crippen molar-refractivity contribution in [3.8, 4) is 11.1 Å². The second-order valence-corrected chi connectivity index (χ2v) is 19.8. The molecule has 3 aromatic rings. The average Bonchev–Trinajstić information content (AvgIpc) is 1.77. The molecule has 0 saturated heterocycles. The highest BCUT2D eigenvalue weighted by molar-refractivity contribution is 6.08. The van der Waals surface area contributed by atoms with Gasteiger partial charge in [0.25, 0.3) is 0 Å². The van der Waals surface area contributed by atoms with Crippen LogP contribution in [0.15, 0.2) is 138 Å². The van der Waals surface area contributed by atoms with Crippen molar-refractivity contribution in [2.24, 2.45) is 0 Å². The smallest absolute Gasteiger partial charge is 0.344 e. The van der Waals surface area contributed by atoms with Crippen LogP contribution in [0.1, 0.15) is 94.2 Å². The molecule has 10 rings (SSSR count). The van der Waals surface area contributed by atoms with E-state index in [0.717, 1.165) is 22.3 Å². The van der Waals surface area contributed by atoms with Crippen LogP contribution in [0.25, 0.3) is 51.6 Å². The highest BCUT2D eigenvalue weighted by Gasteiger charge is 2.37. The van der Waals surface area contributed by atoms with Gasteiger partial charge in [-0.05, 0) is 82.7 Å². The van der Waals surface area contributed by atoms with Crippen LogP contribution in [0.5, 0.6) is 0 Å². The number of carbonyl (C=O) groups excluding carboxylic acids is 9. The Morgan fingerprint density at radius 1 is 0.565 bits per heavy atom. The van der Waals surface area contributed by atoms with Gasteiger partial charge in [-0.3, -0.25) is 9.69 Å². The molecule has 5 aliphatic carbocycles. The second-order valence-electron chi connectivity index (χ2n) is 19.8. The standard InChI is InChI=1S/C38H29N3O11.C25H22N2O6/c1-20-6-23(35-27(20)11-40(17-33(45)46)14-30(35)37(49)51-2)8-22-9-24(36-29(22)13-41(18-34(47)48)15-31(36)38(50)52-3)7-21-4-5-26-25(19-42)10-39(12-28(21)26)16-32(43)44;1-4-26-10-17-6-5-16(23(17)21(13-26)25(31)33-3)9-15-7-8-18-19(15)11-27(14-22(28)29)12-20(18)24(30)32-2/h4-15,19H,16-18H2,1-3H3,(H-2,43,44,45,46,47,48);5-13H,4,14H2,1-3H3. The van der Waals surface area contributed by atoms with Crippen LogP contribution in [0, 0.1) is 0 Å². The van der Waals surface area contributed by atoms with Crippen molar-refractivity contribution in [2.75, 3.05) is 35.0 Å². The van der Waals surface area contributed by atoms with E-state index in [1.807, 2.05) is 42.0 Å². The SMILES string of the molecule is CCn1cc2ccc(/C=C3/C=Cc4c(C(=O)OC)c[n+](CC(=O)[O-])cc43)c-2c(C(=O)OC)c1.COC(=O)C1=C[NH+](CC(=O)[O-])C=C2C(/C=C3/C=C(C)c4c[n+](CC(=O)[O-])cc(C(=O)OC)c43)=CC(/C=C3/C=Cc4c(C=O)c[n+](CC(=O)[O-])cc43)=C12. The first kappa shape index (κ1) is 58.6. The number of carboxylic acids is 4. The Hall–Kier alpha value is -11.0. The molecule has 0 bridgehead atoms. The number of methoxy groups -OCH3 is 4. The predicted octanol–water partition coefficient (Wildman–Crippen LogP) is -1.11. The number of aliphatic carboxylic acids is 4. The molecule has 5 heterocycles. The van der Waals surface area contributed by atoms with Gasteiger partial charge in [0.1, 0.15) is 53.6 Å². The van der Waals surface area contributed by atoms with Gasteiger partial charge in [0.05, 0.1) is 62.2 Å². The molecular formula is C63H51N5O17. The van der Waals surface area contributed by atoms with E-state index in [1.54, 1.807) is 80.4 Å². The van der Waals surface area contributed by atoms with E-state index in [9.17, 15) is 63.6 Å². The van der Waals surface area contributed by atoms with Gasteiger partial charge in [-0.25, -0.2) is 19.2 Å². The van der Waals surface area contributed by atoms with E-state index in [2.05, 4.69) is 0 Å². The molecule has 0 amide bonds. The quantitative estimate of drug-likeness (QED) is 0.0499. The summed E-state index contributed by atoms with van der Waals surface area (Å²) in [5, 5.41) is 45.7. The van der Waals surface area contributed by atoms with Crippen LogP contribution in [0.3, 0.4) is 0 Å². The van der Waals surface area contributed by atoms with Crippen LogP contribution in [0.2, 0.25) is 0 Å². The first-order valence-corrected chi connectivity index (χ1v) is 26.1. The average molecular weight is 1150 g/mol. The summed E-state index contributed by atoms with van der Waals surface area (Å²) in [5.74, 6) is -7.81. The first-order valence-electron chi connectivity index (χ1n) is 26.1. The van der Waals surface area contributed by atoms with Gasteiger partial charge in [0.15, 0.2) is 63.1 Å². The highest BCUT2D eigenvalue weighted by atomic mass is 16.5. The monoisotopic (exact) mass is 1150 g/mol. The molecule has 0 radical (unpaired) electrons. The predicted molar refractivity (Wildman–Crippen MR) is 291 cm³/mol. The summed E-state index contributed by atoms with van der Waals surface area (Å²) in [5.41, 5.74) is 11.6. The molecule has 1 unspecified atom stereocenters. The largest absolute Gasteiger partial charge is 0.544 e. The number of hydrogen-bond donors (Lipinski definition) is 1. The lowest BCUT2D eigenvalue weighted by molar-refractivity contribution is -0.785. The van der Waals surface area contributed by atoms with Gasteiger partial charge < -0.3 is 63.1 Å². The molecule has 22 nitrogen and oxygen atoms in total. The van der Waals surface area contributed by atoms with Crippen LogP contribution in [-0.2, 0) is 69.1 Å². The van der Waals surface area contributed by atoms with E-state index in [1.165, 1.54) is 66.9 Å². The third-order valence-electron chi connectivity index (χ3n) is 14.4.